The van der Waals surface area contributed by atoms with Gasteiger partial charge in [0.25, 0.3) is 5.91 Å². The number of carbonyl (C=O) groups excluding carboxylic acids is 1. The number of aromatic nitrogens is 3. The van der Waals surface area contributed by atoms with Crippen molar-refractivity contribution >= 4 is 22.4 Å². The lowest BCUT2D eigenvalue weighted by molar-refractivity contribution is 0.0949. The normalized spacial score (nSPS) is 10.2. The Morgan fingerprint density at radius 1 is 1.37 bits per heavy atom. The third-order valence-electron chi connectivity index (χ3n) is 2.30. The Balaban J connectivity index is 1.87. The van der Waals surface area contributed by atoms with Gasteiger partial charge in [-0.15, -0.1) is 10.2 Å². The van der Waals surface area contributed by atoms with Gasteiger partial charge in [-0.05, 0) is 18.6 Å². The maximum atomic E-state index is 11.8. The summed E-state index contributed by atoms with van der Waals surface area (Å²) in [7, 11) is 0. The summed E-state index contributed by atoms with van der Waals surface area (Å²) in [6.07, 6.45) is 2.69. The molecule has 0 atom stereocenters. The first-order valence-electron chi connectivity index (χ1n) is 6.05. The second-order valence-corrected chi connectivity index (χ2v) is 4.82. The molecule has 0 radical (unpaired) electrons. The van der Waals surface area contributed by atoms with Crippen LogP contribution in [0, 0.1) is 0 Å². The number of amides is 1. The Hall–Kier alpha value is -2.02. The molecule has 19 heavy (non-hydrogen) atoms. The summed E-state index contributed by atoms with van der Waals surface area (Å²) >= 11 is 1.25. The molecule has 7 heteroatoms. The van der Waals surface area contributed by atoms with E-state index >= 15 is 0 Å². The Morgan fingerprint density at radius 3 is 3.00 bits per heavy atom. The Bertz CT molecular complexity index is 528. The van der Waals surface area contributed by atoms with Crippen LogP contribution in [-0.4, -0.2) is 27.6 Å². The summed E-state index contributed by atoms with van der Waals surface area (Å²) in [5.74, 6) is -0.229. The number of nitrogens with one attached hydrogen (secondary N) is 2. The Kier molecular flexibility index (Phi) is 4.79. The maximum absolute atomic E-state index is 11.8. The number of rotatable bonds is 6. The SMILES string of the molecule is CCCNc1nnc(C(=O)NCc2ccccn2)s1. The minimum absolute atomic E-state index is 0.229. The van der Waals surface area contributed by atoms with Crippen LogP contribution in [0.1, 0.15) is 28.8 Å². The molecule has 100 valence electrons. The van der Waals surface area contributed by atoms with E-state index in [-0.39, 0.29) is 5.91 Å². The van der Waals surface area contributed by atoms with E-state index in [4.69, 9.17) is 0 Å². The minimum atomic E-state index is -0.229. The van der Waals surface area contributed by atoms with Crippen molar-refractivity contribution in [1.29, 1.82) is 0 Å². The molecule has 0 aliphatic heterocycles. The average molecular weight is 277 g/mol. The van der Waals surface area contributed by atoms with Gasteiger partial charge in [-0.2, -0.15) is 0 Å². The molecular weight excluding hydrogens is 262 g/mol. The van der Waals surface area contributed by atoms with Crippen molar-refractivity contribution in [3.05, 3.63) is 35.1 Å². The molecule has 2 N–H and O–H groups in total. The van der Waals surface area contributed by atoms with Crippen molar-refractivity contribution in [2.75, 3.05) is 11.9 Å². The van der Waals surface area contributed by atoms with E-state index in [9.17, 15) is 4.79 Å². The van der Waals surface area contributed by atoms with E-state index in [1.807, 2.05) is 18.2 Å². The lowest BCUT2D eigenvalue weighted by Gasteiger charge is -2.01. The van der Waals surface area contributed by atoms with Crippen LogP contribution in [0.2, 0.25) is 0 Å². The summed E-state index contributed by atoms with van der Waals surface area (Å²) in [5.41, 5.74) is 0.810. The van der Waals surface area contributed by atoms with E-state index in [0.29, 0.717) is 16.7 Å². The third-order valence-corrected chi connectivity index (χ3v) is 3.18. The number of pyridine rings is 1. The number of anilines is 1. The predicted octanol–water partition coefficient (Wildman–Crippen LogP) is 1.69. The fourth-order valence-electron chi connectivity index (χ4n) is 1.37. The van der Waals surface area contributed by atoms with Crippen molar-refractivity contribution in [2.24, 2.45) is 0 Å². The molecule has 2 heterocycles. The fourth-order valence-corrected chi connectivity index (χ4v) is 2.05. The van der Waals surface area contributed by atoms with Crippen LogP contribution in [0.3, 0.4) is 0 Å². The van der Waals surface area contributed by atoms with Crippen LogP contribution in [-0.2, 0) is 6.54 Å². The largest absolute Gasteiger partial charge is 0.360 e. The highest BCUT2D eigenvalue weighted by molar-refractivity contribution is 7.17. The first-order valence-corrected chi connectivity index (χ1v) is 6.86. The number of hydrogen-bond acceptors (Lipinski definition) is 6. The molecule has 0 aliphatic carbocycles. The predicted molar refractivity (Wildman–Crippen MR) is 74.1 cm³/mol. The highest BCUT2D eigenvalue weighted by Gasteiger charge is 2.12. The minimum Gasteiger partial charge on any atom is -0.360 e. The van der Waals surface area contributed by atoms with Crippen LogP contribution >= 0.6 is 11.3 Å². The molecule has 0 aliphatic rings. The molecule has 2 aromatic heterocycles. The zero-order chi connectivity index (χ0) is 13.5. The van der Waals surface area contributed by atoms with Gasteiger partial charge >= 0.3 is 0 Å². The molecule has 1 amide bonds. The summed E-state index contributed by atoms with van der Waals surface area (Å²) in [6, 6.07) is 5.57. The molecule has 0 saturated carbocycles. The van der Waals surface area contributed by atoms with Crippen molar-refractivity contribution in [2.45, 2.75) is 19.9 Å². The van der Waals surface area contributed by atoms with Crippen LogP contribution in [0.4, 0.5) is 5.13 Å². The second kappa shape index (κ2) is 6.79. The van der Waals surface area contributed by atoms with Gasteiger partial charge in [0.15, 0.2) is 0 Å². The van der Waals surface area contributed by atoms with Crippen LogP contribution in [0.25, 0.3) is 0 Å². The molecule has 2 rings (SSSR count). The van der Waals surface area contributed by atoms with E-state index in [0.717, 1.165) is 18.7 Å². The first kappa shape index (κ1) is 13.4. The quantitative estimate of drug-likeness (QED) is 0.840. The monoisotopic (exact) mass is 277 g/mol. The van der Waals surface area contributed by atoms with Crippen LogP contribution in [0.15, 0.2) is 24.4 Å². The lowest BCUT2D eigenvalue weighted by Crippen LogP contribution is -2.23. The zero-order valence-corrected chi connectivity index (χ0v) is 11.4. The highest BCUT2D eigenvalue weighted by atomic mass is 32.1. The Labute approximate surface area is 115 Å². The van der Waals surface area contributed by atoms with Crippen molar-refractivity contribution < 1.29 is 4.79 Å². The van der Waals surface area contributed by atoms with Crippen molar-refractivity contribution in [3.8, 4) is 0 Å². The van der Waals surface area contributed by atoms with Gasteiger partial charge in [0, 0.05) is 12.7 Å². The van der Waals surface area contributed by atoms with Crippen LogP contribution in [0.5, 0.6) is 0 Å². The molecule has 0 saturated heterocycles. The molecule has 0 unspecified atom stereocenters. The van der Waals surface area contributed by atoms with E-state index < -0.39 is 0 Å². The molecule has 0 bridgehead atoms. The average Bonchev–Trinajstić information content (AvgIpc) is 2.92. The zero-order valence-electron chi connectivity index (χ0n) is 10.6. The van der Waals surface area contributed by atoms with Gasteiger partial charge < -0.3 is 10.6 Å². The fraction of sp³-hybridized carbons (Fsp3) is 0.333. The molecule has 0 fully saturated rings. The number of nitrogens with zero attached hydrogens (tertiary/aromatic N) is 3. The van der Waals surface area contributed by atoms with Gasteiger partial charge in [0.1, 0.15) is 0 Å². The van der Waals surface area contributed by atoms with Crippen molar-refractivity contribution in [1.82, 2.24) is 20.5 Å². The molecular formula is C12H15N5OS. The third kappa shape index (κ3) is 3.99. The van der Waals surface area contributed by atoms with Gasteiger partial charge in [-0.25, -0.2) is 0 Å². The number of hydrogen-bond donors (Lipinski definition) is 2. The van der Waals surface area contributed by atoms with Gasteiger partial charge in [0.05, 0.1) is 12.2 Å². The summed E-state index contributed by atoms with van der Waals surface area (Å²) < 4.78 is 0. The first-order chi connectivity index (χ1) is 9.29. The molecule has 6 nitrogen and oxygen atoms in total. The number of carbonyl (C=O) groups is 1. The van der Waals surface area contributed by atoms with Crippen molar-refractivity contribution in [3.63, 3.8) is 0 Å². The lowest BCUT2D eigenvalue weighted by atomic mass is 10.3. The smallest absolute Gasteiger partial charge is 0.282 e. The summed E-state index contributed by atoms with van der Waals surface area (Å²) in [4.78, 5) is 16.0. The second-order valence-electron chi connectivity index (χ2n) is 3.84. The van der Waals surface area contributed by atoms with Crippen LogP contribution < -0.4 is 10.6 Å². The summed E-state index contributed by atoms with van der Waals surface area (Å²) in [5, 5.41) is 14.7. The summed E-state index contributed by atoms with van der Waals surface area (Å²) in [6.45, 7) is 3.27. The highest BCUT2D eigenvalue weighted by Crippen LogP contribution is 2.14. The van der Waals surface area contributed by atoms with Gasteiger partial charge in [-0.3, -0.25) is 9.78 Å². The van der Waals surface area contributed by atoms with E-state index in [1.165, 1.54) is 11.3 Å². The maximum Gasteiger partial charge on any atom is 0.282 e. The van der Waals surface area contributed by atoms with Gasteiger partial charge in [-0.1, -0.05) is 24.3 Å². The van der Waals surface area contributed by atoms with E-state index in [2.05, 4.69) is 32.7 Å². The molecule has 0 aromatic carbocycles. The molecule has 0 spiro atoms. The van der Waals surface area contributed by atoms with E-state index in [1.54, 1.807) is 6.20 Å². The molecule has 2 aromatic rings. The standard InChI is InChI=1S/C12H15N5OS/c1-2-6-14-12-17-16-11(19-12)10(18)15-8-9-5-3-4-7-13-9/h3-5,7H,2,6,8H2,1H3,(H,14,17)(H,15,18). The Morgan fingerprint density at radius 2 is 2.26 bits per heavy atom. The van der Waals surface area contributed by atoms with Gasteiger partial charge in [0.2, 0.25) is 10.1 Å². The topological polar surface area (TPSA) is 79.8 Å².